The van der Waals surface area contributed by atoms with E-state index in [1.807, 2.05) is 18.7 Å². The second-order valence-electron chi connectivity index (χ2n) is 6.09. The number of nitrogens with zero attached hydrogens (tertiary/aromatic N) is 3. The summed E-state index contributed by atoms with van der Waals surface area (Å²) < 4.78 is 13.4. The molecule has 0 spiro atoms. The molecule has 1 amide bonds. The van der Waals surface area contributed by atoms with Crippen molar-refractivity contribution in [2.45, 2.75) is 32.7 Å². The maximum atomic E-state index is 13.4. The summed E-state index contributed by atoms with van der Waals surface area (Å²) in [7, 11) is 0. The highest BCUT2D eigenvalue weighted by molar-refractivity contribution is 7.13. The Balaban J connectivity index is 1.68. The van der Waals surface area contributed by atoms with E-state index in [0.717, 1.165) is 34.9 Å². The van der Waals surface area contributed by atoms with Gasteiger partial charge in [0.25, 0.3) is 5.91 Å². The van der Waals surface area contributed by atoms with Crippen LogP contribution < -0.4 is 0 Å². The van der Waals surface area contributed by atoms with Gasteiger partial charge in [0.15, 0.2) is 0 Å². The minimum Gasteiger partial charge on any atom is -0.340 e. The highest BCUT2D eigenvalue weighted by Crippen LogP contribution is 2.34. The third kappa shape index (κ3) is 2.49. The molecule has 3 heterocycles. The monoisotopic (exact) mass is 344 g/mol. The predicted molar refractivity (Wildman–Crippen MR) is 90.7 cm³/mol. The fraction of sp³-hybridized carbons (Fsp3) is 0.353. The number of nitrogens with one attached hydrogen (secondary N) is 1. The standard InChI is InChI=1S/C17H17FN4OS/c1-9-15(24-10(2)19-9)17(23)22-7-3-4-14(22)16-20-12-6-5-11(18)8-13(12)21-16/h5-6,8,14H,3-4,7H2,1-2H3,(H,20,21)/t14-/m0/s1. The van der Waals surface area contributed by atoms with E-state index < -0.39 is 0 Å². The Labute approximate surface area is 142 Å². The van der Waals surface area contributed by atoms with Gasteiger partial charge in [0.2, 0.25) is 0 Å². The third-order valence-corrected chi connectivity index (χ3v) is 5.45. The van der Waals surface area contributed by atoms with E-state index in [2.05, 4.69) is 15.0 Å². The summed E-state index contributed by atoms with van der Waals surface area (Å²) in [6.07, 6.45) is 1.78. The zero-order chi connectivity index (χ0) is 16.8. The van der Waals surface area contributed by atoms with Gasteiger partial charge in [-0.1, -0.05) is 0 Å². The van der Waals surface area contributed by atoms with Crippen molar-refractivity contribution >= 4 is 28.3 Å². The first kappa shape index (κ1) is 15.3. The number of amides is 1. The van der Waals surface area contributed by atoms with Crippen LogP contribution in [0.25, 0.3) is 11.0 Å². The van der Waals surface area contributed by atoms with E-state index >= 15 is 0 Å². The minimum atomic E-state index is -0.298. The summed E-state index contributed by atoms with van der Waals surface area (Å²) in [6.45, 7) is 4.47. The molecular weight excluding hydrogens is 327 g/mol. The number of aromatic amines is 1. The van der Waals surface area contributed by atoms with E-state index in [0.29, 0.717) is 16.9 Å². The van der Waals surface area contributed by atoms with Crippen LogP contribution in [-0.2, 0) is 0 Å². The Hall–Kier alpha value is -2.28. The Morgan fingerprint density at radius 3 is 2.96 bits per heavy atom. The topological polar surface area (TPSA) is 61.9 Å². The van der Waals surface area contributed by atoms with Gasteiger partial charge in [-0.2, -0.15) is 0 Å². The number of fused-ring (bicyclic) bond motifs is 1. The van der Waals surface area contributed by atoms with E-state index in [9.17, 15) is 9.18 Å². The molecule has 1 N–H and O–H groups in total. The van der Waals surface area contributed by atoms with Crippen molar-refractivity contribution in [3.63, 3.8) is 0 Å². The fourth-order valence-electron chi connectivity index (χ4n) is 3.31. The second kappa shape index (κ2) is 5.66. The lowest BCUT2D eigenvalue weighted by Crippen LogP contribution is -2.31. The van der Waals surface area contributed by atoms with Gasteiger partial charge in [-0.05, 0) is 44.9 Å². The van der Waals surface area contributed by atoms with Gasteiger partial charge < -0.3 is 9.88 Å². The normalized spacial score (nSPS) is 17.8. The summed E-state index contributed by atoms with van der Waals surface area (Å²) in [5.41, 5.74) is 2.16. The molecule has 7 heteroatoms. The van der Waals surface area contributed by atoms with Gasteiger partial charge in [0, 0.05) is 6.54 Å². The summed E-state index contributed by atoms with van der Waals surface area (Å²) in [5, 5.41) is 0.894. The van der Waals surface area contributed by atoms with Crippen LogP contribution in [0.5, 0.6) is 0 Å². The van der Waals surface area contributed by atoms with Crippen molar-refractivity contribution in [3.8, 4) is 0 Å². The van der Waals surface area contributed by atoms with Crippen LogP contribution >= 0.6 is 11.3 Å². The van der Waals surface area contributed by atoms with Crippen LogP contribution in [0.3, 0.4) is 0 Å². The number of aromatic nitrogens is 3. The average Bonchev–Trinajstić information content (AvgIpc) is 3.23. The summed E-state index contributed by atoms with van der Waals surface area (Å²) in [4.78, 5) is 27.6. The Kier molecular flexibility index (Phi) is 3.60. The lowest BCUT2D eigenvalue weighted by atomic mass is 10.2. The van der Waals surface area contributed by atoms with E-state index in [4.69, 9.17) is 0 Å². The Morgan fingerprint density at radius 1 is 1.38 bits per heavy atom. The molecule has 2 aromatic heterocycles. The largest absolute Gasteiger partial charge is 0.340 e. The van der Waals surface area contributed by atoms with Crippen LogP contribution in [0.2, 0.25) is 0 Å². The first-order chi connectivity index (χ1) is 11.5. The number of rotatable bonds is 2. The number of imidazole rings is 1. The highest BCUT2D eigenvalue weighted by Gasteiger charge is 2.34. The molecule has 1 fully saturated rings. The Morgan fingerprint density at radius 2 is 2.21 bits per heavy atom. The van der Waals surface area contributed by atoms with E-state index in [1.165, 1.54) is 23.5 Å². The van der Waals surface area contributed by atoms with Gasteiger partial charge in [-0.3, -0.25) is 4.79 Å². The molecule has 4 rings (SSSR count). The molecular formula is C17H17FN4OS. The maximum absolute atomic E-state index is 13.4. The lowest BCUT2D eigenvalue weighted by molar-refractivity contribution is 0.0734. The van der Waals surface area contributed by atoms with Gasteiger partial charge in [-0.15, -0.1) is 11.3 Å². The van der Waals surface area contributed by atoms with E-state index in [-0.39, 0.29) is 17.8 Å². The number of benzene rings is 1. The smallest absolute Gasteiger partial charge is 0.266 e. The average molecular weight is 344 g/mol. The molecule has 1 aliphatic heterocycles. The zero-order valence-corrected chi connectivity index (χ0v) is 14.3. The van der Waals surface area contributed by atoms with Crippen molar-refractivity contribution in [2.75, 3.05) is 6.54 Å². The Bertz CT molecular complexity index is 932. The van der Waals surface area contributed by atoms with Gasteiger partial charge >= 0.3 is 0 Å². The lowest BCUT2D eigenvalue weighted by Gasteiger charge is -2.22. The van der Waals surface area contributed by atoms with Crippen molar-refractivity contribution < 1.29 is 9.18 Å². The van der Waals surface area contributed by atoms with Crippen LogP contribution in [0, 0.1) is 19.7 Å². The molecule has 3 aromatic rings. The highest BCUT2D eigenvalue weighted by atomic mass is 32.1. The first-order valence-electron chi connectivity index (χ1n) is 7.93. The number of likely N-dealkylation sites (tertiary alicyclic amines) is 1. The van der Waals surface area contributed by atoms with Gasteiger partial charge in [0.1, 0.15) is 16.5 Å². The molecule has 0 bridgehead atoms. The first-order valence-corrected chi connectivity index (χ1v) is 8.75. The molecule has 24 heavy (non-hydrogen) atoms. The zero-order valence-electron chi connectivity index (χ0n) is 13.5. The molecule has 0 radical (unpaired) electrons. The van der Waals surface area contributed by atoms with E-state index in [1.54, 1.807) is 6.07 Å². The third-order valence-electron chi connectivity index (χ3n) is 4.39. The van der Waals surface area contributed by atoms with Crippen molar-refractivity contribution in [1.82, 2.24) is 19.9 Å². The molecule has 124 valence electrons. The summed E-state index contributed by atoms with van der Waals surface area (Å²) in [5.74, 6) is 0.431. The number of thiazole rings is 1. The molecule has 1 atom stereocenters. The van der Waals surface area contributed by atoms with Gasteiger partial charge in [0.05, 0.1) is 27.8 Å². The van der Waals surface area contributed by atoms with Crippen LogP contribution in [0.1, 0.15) is 45.1 Å². The molecule has 0 unspecified atom stereocenters. The summed E-state index contributed by atoms with van der Waals surface area (Å²) in [6, 6.07) is 4.38. The fourth-order valence-corrected chi connectivity index (χ4v) is 4.19. The maximum Gasteiger partial charge on any atom is 0.266 e. The molecule has 1 aromatic carbocycles. The van der Waals surface area contributed by atoms with Crippen LogP contribution in [0.15, 0.2) is 18.2 Å². The number of aryl methyl sites for hydroxylation is 2. The molecule has 1 saturated heterocycles. The summed E-state index contributed by atoms with van der Waals surface area (Å²) >= 11 is 1.43. The molecule has 5 nitrogen and oxygen atoms in total. The minimum absolute atomic E-state index is 0.00670. The number of halogens is 1. The molecule has 0 aliphatic carbocycles. The predicted octanol–water partition coefficient (Wildman–Crippen LogP) is 3.75. The number of H-pyrrole nitrogens is 1. The van der Waals surface area contributed by atoms with Crippen LogP contribution in [-0.4, -0.2) is 32.3 Å². The number of hydrogen-bond acceptors (Lipinski definition) is 4. The van der Waals surface area contributed by atoms with Crippen molar-refractivity contribution in [2.24, 2.45) is 0 Å². The van der Waals surface area contributed by atoms with Crippen LogP contribution in [0.4, 0.5) is 4.39 Å². The number of carbonyl (C=O) groups excluding carboxylic acids is 1. The number of carbonyl (C=O) groups is 1. The van der Waals surface area contributed by atoms with Crippen molar-refractivity contribution in [3.05, 3.63) is 45.4 Å². The quantitative estimate of drug-likeness (QED) is 0.770. The van der Waals surface area contributed by atoms with Crippen molar-refractivity contribution in [1.29, 1.82) is 0 Å². The molecule has 0 saturated carbocycles. The SMILES string of the molecule is Cc1nc(C)c(C(=O)N2CCC[C@H]2c2nc3ccc(F)cc3[nH]2)s1. The molecule has 1 aliphatic rings. The number of hydrogen-bond donors (Lipinski definition) is 1. The van der Waals surface area contributed by atoms with Gasteiger partial charge in [-0.25, -0.2) is 14.4 Å². The second-order valence-corrected chi connectivity index (χ2v) is 7.29.